The molecule has 0 spiro atoms. The molecule has 3 rings (SSSR count). The molecule has 0 bridgehead atoms. The van der Waals surface area contributed by atoms with Crippen LogP contribution in [0.3, 0.4) is 0 Å². The van der Waals surface area contributed by atoms with Gasteiger partial charge in [0.1, 0.15) is 11.3 Å². The van der Waals surface area contributed by atoms with Crippen molar-refractivity contribution in [2.24, 2.45) is 0 Å². The first-order chi connectivity index (χ1) is 11.8. The quantitative estimate of drug-likeness (QED) is 0.601. The summed E-state index contributed by atoms with van der Waals surface area (Å²) in [7, 11) is -0.596. The summed E-state index contributed by atoms with van der Waals surface area (Å²) in [4.78, 5) is 4.45. The van der Waals surface area contributed by atoms with Gasteiger partial charge in [0.15, 0.2) is 5.58 Å². The van der Waals surface area contributed by atoms with E-state index < -0.39 is 15.8 Å². The highest BCUT2D eigenvalue weighted by atomic mass is 35.5. The highest BCUT2D eigenvalue weighted by Gasteiger charge is 2.19. The lowest BCUT2D eigenvalue weighted by molar-refractivity contribution is 0.489. The Morgan fingerprint density at radius 2 is 2.00 bits per heavy atom. The van der Waals surface area contributed by atoms with E-state index in [0.717, 1.165) is 9.87 Å². The van der Waals surface area contributed by atoms with Crippen LogP contribution in [0.4, 0.5) is 4.39 Å². The molecule has 5 nitrogen and oxygen atoms in total. The van der Waals surface area contributed by atoms with Gasteiger partial charge in [0.25, 0.3) is 5.22 Å². The van der Waals surface area contributed by atoms with Gasteiger partial charge in [-0.05, 0) is 35.9 Å². The van der Waals surface area contributed by atoms with Gasteiger partial charge in [0.05, 0.1) is 4.90 Å². The zero-order valence-corrected chi connectivity index (χ0v) is 15.8. The lowest BCUT2D eigenvalue weighted by Crippen LogP contribution is -2.22. The number of sulfonamides is 1. The average Bonchev–Trinajstić information content (AvgIpc) is 2.95. The Hall–Kier alpha value is -1.61. The van der Waals surface area contributed by atoms with E-state index in [1.54, 1.807) is 12.1 Å². The number of hydrogen-bond donors (Lipinski definition) is 0. The Bertz CT molecular complexity index is 1040. The fourth-order valence-electron chi connectivity index (χ4n) is 2.10. The number of hydrogen-bond acceptors (Lipinski definition) is 5. The van der Waals surface area contributed by atoms with E-state index in [0.29, 0.717) is 27.1 Å². The van der Waals surface area contributed by atoms with E-state index in [9.17, 15) is 12.8 Å². The van der Waals surface area contributed by atoms with Gasteiger partial charge in [-0.2, -0.15) is 0 Å². The van der Waals surface area contributed by atoms with Gasteiger partial charge >= 0.3 is 0 Å². The van der Waals surface area contributed by atoms with Crippen LogP contribution in [-0.4, -0.2) is 31.8 Å². The Morgan fingerprint density at radius 1 is 1.24 bits per heavy atom. The molecule has 3 aromatic rings. The zero-order chi connectivity index (χ0) is 18.2. The first kappa shape index (κ1) is 18.2. The maximum Gasteiger partial charge on any atom is 0.257 e. The van der Waals surface area contributed by atoms with Crippen LogP contribution < -0.4 is 0 Å². The van der Waals surface area contributed by atoms with E-state index in [4.69, 9.17) is 16.0 Å². The third-order valence-corrected chi connectivity index (χ3v) is 6.52. The first-order valence-electron chi connectivity index (χ1n) is 7.17. The second-order valence-electron chi connectivity index (χ2n) is 5.42. The van der Waals surface area contributed by atoms with E-state index in [1.807, 2.05) is 0 Å². The van der Waals surface area contributed by atoms with Crippen molar-refractivity contribution >= 4 is 44.5 Å². The van der Waals surface area contributed by atoms with Crippen LogP contribution in [0.25, 0.3) is 11.1 Å². The third kappa shape index (κ3) is 3.82. The number of rotatable bonds is 5. The van der Waals surface area contributed by atoms with Crippen LogP contribution in [0.2, 0.25) is 5.02 Å². The van der Waals surface area contributed by atoms with Crippen molar-refractivity contribution in [3.8, 4) is 0 Å². The molecular weight excluding hydrogens is 387 g/mol. The molecule has 1 aromatic heterocycles. The van der Waals surface area contributed by atoms with Crippen molar-refractivity contribution < 1.29 is 17.2 Å². The molecule has 0 saturated heterocycles. The summed E-state index contributed by atoms with van der Waals surface area (Å²) in [6.07, 6.45) is 0. The Labute approximate surface area is 153 Å². The van der Waals surface area contributed by atoms with E-state index in [1.165, 1.54) is 50.1 Å². The van der Waals surface area contributed by atoms with Gasteiger partial charge in [-0.25, -0.2) is 22.1 Å². The molecule has 1 heterocycles. The molecule has 25 heavy (non-hydrogen) atoms. The smallest absolute Gasteiger partial charge is 0.257 e. The maximum atomic E-state index is 13.1. The highest BCUT2D eigenvalue weighted by molar-refractivity contribution is 7.98. The van der Waals surface area contributed by atoms with Gasteiger partial charge in [0, 0.05) is 24.9 Å². The predicted octanol–water partition coefficient (Wildman–Crippen LogP) is 4.16. The van der Waals surface area contributed by atoms with Crippen LogP contribution in [0.15, 0.2) is 50.9 Å². The summed E-state index contributed by atoms with van der Waals surface area (Å²) in [5, 5.41) is 0.720. The van der Waals surface area contributed by atoms with E-state index in [-0.39, 0.29) is 4.90 Å². The largest absolute Gasteiger partial charge is 0.431 e. The summed E-state index contributed by atoms with van der Waals surface area (Å²) < 4.78 is 44.2. The molecule has 9 heteroatoms. The minimum atomic E-state index is -3.53. The van der Waals surface area contributed by atoms with Crippen LogP contribution in [0.5, 0.6) is 0 Å². The number of nitrogens with zero attached hydrogens (tertiary/aromatic N) is 2. The van der Waals surface area contributed by atoms with Crippen LogP contribution >= 0.6 is 23.4 Å². The van der Waals surface area contributed by atoms with E-state index >= 15 is 0 Å². The lowest BCUT2D eigenvalue weighted by Gasteiger charge is -2.10. The van der Waals surface area contributed by atoms with Crippen molar-refractivity contribution in [2.45, 2.75) is 15.9 Å². The van der Waals surface area contributed by atoms with Gasteiger partial charge in [-0.1, -0.05) is 29.4 Å². The van der Waals surface area contributed by atoms with Gasteiger partial charge in [-0.3, -0.25) is 0 Å². The number of halogens is 2. The summed E-state index contributed by atoms with van der Waals surface area (Å²) in [6.45, 7) is 0. The van der Waals surface area contributed by atoms with E-state index in [2.05, 4.69) is 4.98 Å². The zero-order valence-electron chi connectivity index (χ0n) is 13.4. The normalized spacial score (nSPS) is 12.2. The summed E-state index contributed by atoms with van der Waals surface area (Å²) in [6, 6.07) is 8.73. The van der Waals surface area contributed by atoms with Gasteiger partial charge < -0.3 is 4.42 Å². The van der Waals surface area contributed by atoms with Crippen molar-refractivity contribution in [1.82, 2.24) is 9.29 Å². The third-order valence-electron chi connectivity index (χ3n) is 3.48. The summed E-state index contributed by atoms with van der Waals surface area (Å²) in [5.74, 6) is 0.0599. The van der Waals surface area contributed by atoms with Gasteiger partial charge in [-0.15, -0.1) is 0 Å². The topological polar surface area (TPSA) is 63.4 Å². The van der Waals surface area contributed by atoms with Crippen LogP contribution in [0, 0.1) is 5.82 Å². The number of fused-ring (bicyclic) bond motifs is 1. The molecule has 0 radical (unpaired) electrons. The average molecular weight is 401 g/mol. The molecule has 0 N–H and O–H groups in total. The fourth-order valence-corrected chi connectivity index (χ4v) is 4.18. The number of oxazole rings is 1. The highest BCUT2D eigenvalue weighted by Crippen LogP contribution is 2.30. The standard InChI is InChI=1S/C16H14ClFN2O3S2/c1-20(2)25(21,22)12-5-6-15-14(8-12)19-16(23-15)24-9-10-3-4-11(18)7-13(10)17/h3-8H,9H2,1-2H3. The maximum absolute atomic E-state index is 13.1. The monoisotopic (exact) mass is 400 g/mol. The van der Waals surface area contributed by atoms with Gasteiger partial charge in [0.2, 0.25) is 10.0 Å². The SMILES string of the molecule is CN(C)S(=O)(=O)c1ccc2oc(SCc3ccc(F)cc3Cl)nc2c1. The number of benzene rings is 2. The predicted molar refractivity (Wildman–Crippen MR) is 95.9 cm³/mol. The van der Waals surface area contributed by atoms with Crippen molar-refractivity contribution in [3.05, 3.63) is 52.8 Å². The molecule has 0 saturated carbocycles. The molecule has 0 fully saturated rings. The molecule has 132 valence electrons. The number of thioether (sulfide) groups is 1. The molecule has 0 aliphatic rings. The molecule has 0 aliphatic heterocycles. The number of aromatic nitrogens is 1. The Balaban J connectivity index is 1.84. The van der Waals surface area contributed by atoms with Crippen LogP contribution in [0.1, 0.15) is 5.56 Å². The molecule has 2 aromatic carbocycles. The van der Waals surface area contributed by atoms with Crippen LogP contribution in [-0.2, 0) is 15.8 Å². The lowest BCUT2D eigenvalue weighted by atomic mass is 10.2. The fraction of sp³-hybridized carbons (Fsp3) is 0.188. The van der Waals surface area contributed by atoms with Crippen molar-refractivity contribution in [3.63, 3.8) is 0 Å². The van der Waals surface area contributed by atoms with Crippen molar-refractivity contribution in [1.29, 1.82) is 0 Å². The summed E-state index contributed by atoms with van der Waals surface area (Å²) >= 11 is 7.29. The molecule has 0 amide bonds. The molecular formula is C16H14ClFN2O3S2. The Kier molecular flexibility index (Phi) is 5.06. The summed E-state index contributed by atoms with van der Waals surface area (Å²) in [5.41, 5.74) is 1.70. The Morgan fingerprint density at radius 3 is 2.68 bits per heavy atom. The minimum Gasteiger partial charge on any atom is -0.431 e. The second kappa shape index (κ2) is 6.95. The molecule has 0 atom stereocenters. The molecule has 0 unspecified atom stereocenters. The minimum absolute atomic E-state index is 0.149. The second-order valence-corrected chi connectivity index (χ2v) is 8.91. The first-order valence-corrected chi connectivity index (χ1v) is 9.97. The van der Waals surface area contributed by atoms with Crippen molar-refractivity contribution in [2.75, 3.05) is 14.1 Å². The molecule has 0 aliphatic carbocycles.